The van der Waals surface area contributed by atoms with E-state index in [9.17, 15) is 35.8 Å². The summed E-state index contributed by atoms with van der Waals surface area (Å²) in [5.74, 6) is -3.06. The number of aliphatic hydroxyl groups is 1. The van der Waals surface area contributed by atoms with Crippen LogP contribution in [0.2, 0.25) is 0 Å². The first-order valence-electron chi connectivity index (χ1n) is 9.31. The Kier molecular flexibility index (Phi) is 6.77. The molecule has 5 nitrogen and oxygen atoms in total. The number of aromatic nitrogens is 3. The van der Waals surface area contributed by atoms with Gasteiger partial charge in [-0.2, -0.15) is 22.7 Å². The molecule has 0 radical (unpaired) electrons. The molecule has 2 unspecified atom stereocenters. The van der Waals surface area contributed by atoms with Gasteiger partial charge in [-0.1, -0.05) is 18.2 Å². The van der Waals surface area contributed by atoms with Crippen molar-refractivity contribution in [3.05, 3.63) is 89.7 Å². The molecule has 0 spiro atoms. The summed E-state index contributed by atoms with van der Waals surface area (Å²) in [6.45, 7) is 0.375. The predicted molar refractivity (Wildman–Crippen MR) is 101 cm³/mol. The normalized spacial score (nSPS) is 15.5. The van der Waals surface area contributed by atoms with E-state index in [1.165, 1.54) is 0 Å². The van der Waals surface area contributed by atoms with E-state index in [4.69, 9.17) is 4.74 Å². The molecule has 1 heterocycles. The SMILES string of the molecule is CC(O/C(F)=C(/c1ccc(F)cc1)C(F)(F)F)C(O)(Cn1cncn1)c1ccc(F)cc1F. The lowest BCUT2D eigenvalue weighted by molar-refractivity contribution is -0.115. The van der Waals surface area contributed by atoms with Gasteiger partial charge in [0.25, 0.3) is 6.01 Å². The fourth-order valence-electron chi connectivity index (χ4n) is 3.15. The summed E-state index contributed by atoms with van der Waals surface area (Å²) in [4.78, 5) is 3.65. The molecule has 0 bridgehead atoms. The Balaban J connectivity index is 2.06. The summed E-state index contributed by atoms with van der Waals surface area (Å²) >= 11 is 0. The first kappa shape index (κ1) is 24.2. The van der Waals surface area contributed by atoms with Crippen LogP contribution in [0, 0.1) is 17.5 Å². The number of hydrogen-bond acceptors (Lipinski definition) is 4. The molecule has 1 N–H and O–H groups in total. The maximum Gasteiger partial charge on any atom is 0.422 e. The third kappa shape index (κ3) is 5.33. The number of allylic oxidation sites excluding steroid dienone is 1. The molecule has 0 saturated heterocycles. The van der Waals surface area contributed by atoms with Gasteiger partial charge in [0.15, 0.2) is 0 Å². The van der Waals surface area contributed by atoms with Crippen molar-refractivity contribution < 1.29 is 40.6 Å². The molecular formula is C21H16F7N3O2. The third-order valence-corrected chi connectivity index (χ3v) is 4.83. The number of alkyl halides is 3. The number of rotatable bonds is 7. The largest absolute Gasteiger partial charge is 0.464 e. The van der Waals surface area contributed by atoms with Crippen molar-refractivity contribution in [2.45, 2.75) is 31.3 Å². The van der Waals surface area contributed by atoms with E-state index in [1.54, 1.807) is 0 Å². The fourth-order valence-corrected chi connectivity index (χ4v) is 3.15. The van der Waals surface area contributed by atoms with E-state index in [1.807, 2.05) is 0 Å². The smallest absolute Gasteiger partial charge is 0.422 e. The molecule has 2 atom stereocenters. The number of ether oxygens (including phenoxy) is 1. The summed E-state index contributed by atoms with van der Waals surface area (Å²) in [7, 11) is 0. The lowest BCUT2D eigenvalue weighted by Crippen LogP contribution is -2.44. The molecule has 3 aromatic rings. The Morgan fingerprint density at radius 1 is 1.06 bits per heavy atom. The number of hydrogen-bond donors (Lipinski definition) is 1. The highest BCUT2D eigenvalue weighted by Gasteiger charge is 2.44. The predicted octanol–water partition coefficient (Wildman–Crippen LogP) is 4.89. The van der Waals surface area contributed by atoms with Gasteiger partial charge in [0.1, 0.15) is 47.4 Å². The topological polar surface area (TPSA) is 60.2 Å². The Morgan fingerprint density at radius 3 is 2.24 bits per heavy atom. The van der Waals surface area contributed by atoms with Crippen molar-refractivity contribution in [2.75, 3.05) is 0 Å². The third-order valence-electron chi connectivity index (χ3n) is 4.83. The Labute approximate surface area is 182 Å². The van der Waals surface area contributed by atoms with Crippen LogP contribution in [-0.4, -0.2) is 32.2 Å². The van der Waals surface area contributed by atoms with Crippen LogP contribution in [0.25, 0.3) is 5.57 Å². The molecule has 0 aliphatic rings. The van der Waals surface area contributed by atoms with Crippen molar-refractivity contribution in [1.82, 2.24) is 14.8 Å². The highest BCUT2D eigenvalue weighted by molar-refractivity contribution is 5.70. The van der Waals surface area contributed by atoms with Crippen molar-refractivity contribution in [3.63, 3.8) is 0 Å². The van der Waals surface area contributed by atoms with E-state index in [0.29, 0.717) is 30.3 Å². The first-order valence-corrected chi connectivity index (χ1v) is 9.31. The average Bonchev–Trinajstić information content (AvgIpc) is 3.21. The van der Waals surface area contributed by atoms with Gasteiger partial charge in [0.05, 0.1) is 6.54 Å². The van der Waals surface area contributed by atoms with Gasteiger partial charge in [-0.05, 0) is 30.7 Å². The number of nitrogens with zero attached hydrogens (tertiary/aromatic N) is 3. The van der Waals surface area contributed by atoms with Crippen LogP contribution in [0.3, 0.4) is 0 Å². The zero-order valence-corrected chi connectivity index (χ0v) is 16.8. The molecule has 0 fully saturated rings. The molecule has 0 aliphatic heterocycles. The molecule has 2 aromatic carbocycles. The van der Waals surface area contributed by atoms with Crippen LogP contribution in [0.15, 0.2) is 61.1 Å². The Bertz CT molecular complexity index is 1130. The van der Waals surface area contributed by atoms with E-state index in [0.717, 1.165) is 36.4 Å². The quantitative estimate of drug-likeness (QED) is 0.391. The second-order valence-corrected chi connectivity index (χ2v) is 7.05. The van der Waals surface area contributed by atoms with Gasteiger partial charge in [0, 0.05) is 11.6 Å². The molecule has 0 aliphatic carbocycles. The van der Waals surface area contributed by atoms with Gasteiger partial charge < -0.3 is 9.84 Å². The molecule has 0 saturated carbocycles. The minimum atomic E-state index is -5.26. The van der Waals surface area contributed by atoms with Crippen LogP contribution < -0.4 is 0 Å². The number of halogens is 7. The lowest BCUT2D eigenvalue weighted by atomic mass is 9.88. The van der Waals surface area contributed by atoms with E-state index < -0.39 is 64.6 Å². The maximum absolute atomic E-state index is 14.8. The maximum atomic E-state index is 14.8. The molecule has 0 amide bonds. The van der Waals surface area contributed by atoms with Crippen LogP contribution in [0.1, 0.15) is 18.1 Å². The minimum Gasteiger partial charge on any atom is -0.464 e. The highest BCUT2D eigenvalue weighted by Crippen LogP contribution is 2.40. The first-order chi connectivity index (χ1) is 15.4. The monoisotopic (exact) mass is 475 g/mol. The fraction of sp³-hybridized carbons (Fsp3) is 0.238. The summed E-state index contributed by atoms with van der Waals surface area (Å²) in [6, 6.07) is 2.78. The van der Waals surface area contributed by atoms with Crippen molar-refractivity contribution in [1.29, 1.82) is 0 Å². The minimum absolute atomic E-state index is 0.445. The standard InChI is InChI=1S/C21H16F7N3O2/c1-12(33-19(25)18(21(26,27)28)13-2-4-14(22)5-3-13)20(32,9-31-11-29-10-30-31)16-7-6-15(23)8-17(16)24/h2-8,10-12,32H,9H2,1H3/b19-18-. The zero-order valence-electron chi connectivity index (χ0n) is 16.8. The second kappa shape index (κ2) is 9.22. The second-order valence-electron chi connectivity index (χ2n) is 7.05. The van der Waals surface area contributed by atoms with Crippen molar-refractivity contribution in [3.8, 4) is 0 Å². The average molecular weight is 475 g/mol. The van der Waals surface area contributed by atoms with Crippen LogP contribution in [0.4, 0.5) is 30.7 Å². The molecule has 33 heavy (non-hydrogen) atoms. The van der Waals surface area contributed by atoms with Gasteiger partial charge >= 0.3 is 6.18 Å². The molecular weight excluding hydrogens is 459 g/mol. The van der Waals surface area contributed by atoms with Gasteiger partial charge in [-0.15, -0.1) is 0 Å². The summed E-state index contributed by atoms with van der Waals surface area (Å²) in [5, 5.41) is 15.0. The molecule has 3 rings (SSSR count). The van der Waals surface area contributed by atoms with Crippen LogP contribution >= 0.6 is 0 Å². The number of benzene rings is 2. The summed E-state index contributed by atoms with van der Waals surface area (Å²) in [5.41, 5.74) is -5.68. The molecule has 1 aromatic heterocycles. The van der Waals surface area contributed by atoms with Crippen LogP contribution in [-0.2, 0) is 16.9 Å². The van der Waals surface area contributed by atoms with Gasteiger partial charge in [-0.3, -0.25) is 0 Å². The molecule has 176 valence electrons. The highest BCUT2D eigenvalue weighted by atomic mass is 19.4. The van der Waals surface area contributed by atoms with Gasteiger partial charge in [0.2, 0.25) is 0 Å². The van der Waals surface area contributed by atoms with Crippen molar-refractivity contribution in [2.24, 2.45) is 0 Å². The van der Waals surface area contributed by atoms with Crippen LogP contribution in [0.5, 0.6) is 0 Å². The molecule has 12 heteroatoms. The Morgan fingerprint density at radius 2 is 1.70 bits per heavy atom. The van der Waals surface area contributed by atoms with Gasteiger partial charge in [-0.25, -0.2) is 22.8 Å². The zero-order chi connectivity index (χ0) is 24.4. The summed E-state index contributed by atoms with van der Waals surface area (Å²) in [6.07, 6.45) is -4.92. The van der Waals surface area contributed by atoms with Crippen molar-refractivity contribution >= 4 is 5.57 Å². The lowest BCUT2D eigenvalue weighted by Gasteiger charge is -2.34. The summed E-state index contributed by atoms with van der Waals surface area (Å²) < 4.78 is 102. The van der Waals surface area contributed by atoms with E-state index in [-0.39, 0.29) is 0 Å². The van der Waals surface area contributed by atoms with E-state index >= 15 is 0 Å². The van der Waals surface area contributed by atoms with E-state index in [2.05, 4.69) is 10.1 Å². The Hall–Kier alpha value is -3.41.